The summed E-state index contributed by atoms with van der Waals surface area (Å²) in [6.07, 6.45) is 2.88. The highest BCUT2D eigenvalue weighted by atomic mass is 32.2. The molecule has 3 aromatic rings. The molecule has 0 atom stereocenters. The lowest BCUT2D eigenvalue weighted by Gasteiger charge is -2.28. The molecule has 2 aliphatic rings. The number of nitrogens with one attached hydrogen (secondary N) is 4. The first-order valence-corrected chi connectivity index (χ1v) is 14.8. The first kappa shape index (κ1) is 25.0. The molecule has 0 unspecified atom stereocenters. The molecule has 1 saturated heterocycles. The molecule has 1 aliphatic carbocycles. The second-order valence-electron chi connectivity index (χ2n) is 9.82. The molecule has 13 nitrogen and oxygen atoms in total. The zero-order valence-corrected chi connectivity index (χ0v) is 23.5. The number of hydrogen-bond acceptors (Lipinski definition) is 9. The van der Waals surface area contributed by atoms with E-state index in [0.717, 1.165) is 19.3 Å². The number of para-hydroxylation sites is 1. The standard InChI is InChI=1S/C28H31N7O6S/c1-29-28(38)24-22(16-23(33-34-24)32-26(36)17-8-9-17)31-21-7-5-6-20(25(21)41-2)27(37)30-18-10-12-19(13-11-18)35-14-3-4-15-42(35,39)40/h5-7,10-13,16-17H,3-4,8-9,14-15H2,1-2H3,(H,29,38)(H,30,37)(H2,31,32,33,36)/i1D3. The van der Waals surface area contributed by atoms with Gasteiger partial charge in [0.15, 0.2) is 17.3 Å². The van der Waals surface area contributed by atoms with E-state index >= 15 is 0 Å². The quantitative estimate of drug-likeness (QED) is 0.290. The highest BCUT2D eigenvalue weighted by Gasteiger charge is 2.30. The van der Waals surface area contributed by atoms with Gasteiger partial charge in [0.25, 0.3) is 11.8 Å². The molecule has 3 amide bonds. The summed E-state index contributed by atoms with van der Waals surface area (Å²) >= 11 is 0. The lowest BCUT2D eigenvalue weighted by atomic mass is 10.1. The first-order valence-electron chi connectivity index (χ1n) is 14.7. The van der Waals surface area contributed by atoms with Crippen LogP contribution in [-0.2, 0) is 14.8 Å². The summed E-state index contributed by atoms with van der Waals surface area (Å²) in [6, 6.07) is 12.4. The monoisotopic (exact) mass is 596 g/mol. The van der Waals surface area contributed by atoms with Crippen LogP contribution in [0.2, 0.25) is 0 Å². The summed E-state index contributed by atoms with van der Waals surface area (Å²) < 4.78 is 54.0. The predicted molar refractivity (Wildman–Crippen MR) is 158 cm³/mol. The number of nitrogens with zero attached hydrogens (tertiary/aromatic N) is 3. The van der Waals surface area contributed by atoms with Crippen molar-refractivity contribution in [3.8, 4) is 5.75 Å². The van der Waals surface area contributed by atoms with Gasteiger partial charge in [-0.1, -0.05) is 6.07 Å². The highest BCUT2D eigenvalue weighted by Crippen LogP contribution is 2.34. The lowest BCUT2D eigenvalue weighted by molar-refractivity contribution is -0.117. The number of aromatic nitrogens is 2. The molecular weight excluding hydrogens is 562 g/mol. The predicted octanol–water partition coefficient (Wildman–Crippen LogP) is 3.12. The Morgan fingerprint density at radius 1 is 1.00 bits per heavy atom. The number of hydrogen-bond donors (Lipinski definition) is 4. The van der Waals surface area contributed by atoms with Crippen molar-refractivity contribution in [2.75, 3.05) is 46.6 Å². The Bertz CT molecular complexity index is 1730. The molecule has 0 radical (unpaired) electrons. The second kappa shape index (κ2) is 12.0. The Kier molecular flexibility index (Phi) is 7.17. The largest absolute Gasteiger partial charge is 0.494 e. The SMILES string of the molecule is [2H]C([2H])([2H])NC(=O)c1nnc(NC(=O)C2CC2)cc1Nc1cccc(C(=O)Nc2ccc(N3CCCCS3(=O)=O)cc2)c1OC. The minimum Gasteiger partial charge on any atom is -0.494 e. The van der Waals surface area contributed by atoms with Gasteiger partial charge in [-0.25, -0.2) is 8.42 Å². The maximum Gasteiger partial charge on any atom is 0.273 e. The van der Waals surface area contributed by atoms with Gasteiger partial charge in [0.05, 0.1) is 35.5 Å². The summed E-state index contributed by atoms with van der Waals surface area (Å²) in [5, 5.41) is 17.9. The van der Waals surface area contributed by atoms with Gasteiger partial charge in [0, 0.05) is 35.3 Å². The van der Waals surface area contributed by atoms with Gasteiger partial charge in [-0.2, -0.15) is 0 Å². The zero-order valence-electron chi connectivity index (χ0n) is 25.6. The van der Waals surface area contributed by atoms with Crippen LogP contribution in [0.5, 0.6) is 5.75 Å². The van der Waals surface area contributed by atoms with E-state index in [1.165, 1.54) is 23.5 Å². The van der Waals surface area contributed by atoms with Crippen LogP contribution < -0.4 is 30.3 Å². The third-order valence-corrected chi connectivity index (χ3v) is 8.69. The van der Waals surface area contributed by atoms with Gasteiger partial charge in [-0.05, 0) is 62.1 Å². The molecule has 14 heteroatoms. The van der Waals surface area contributed by atoms with Crippen LogP contribution in [0.1, 0.15) is 50.6 Å². The number of anilines is 5. The van der Waals surface area contributed by atoms with Crippen molar-refractivity contribution in [2.45, 2.75) is 25.7 Å². The van der Waals surface area contributed by atoms with Gasteiger partial charge >= 0.3 is 0 Å². The van der Waals surface area contributed by atoms with E-state index in [9.17, 15) is 22.8 Å². The van der Waals surface area contributed by atoms with Crippen molar-refractivity contribution >= 4 is 56.3 Å². The van der Waals surface area contributed by atoms with E-state index in [1.54, 1.807) is 36.4 Å². The Morgan fingerprint density at radius 2 is 1.79 bits per heavy atom. The average molecular weight is 597 g/mol. The third kappa shape index (κ3) is 6.28. The third-order valence-electron chi connectivity index (χ3n) is 6.82. The summed E-state index contributed by atoms with van der Waals surface area (Å²) in [6.45, 7) is -2.41. The Hall–Kier alpha value is -4.72. The molecule has 1 aliphatic heterocycles. The van der Waals surface area contributed by atoms with Crippen LogP contribution in [0.15, 0.2) is 48.5 Å². The van der Waals surface area contributed by atoms with Gasteiger partial charge in [-0.3, -0.25) is 18.7 Å². The number of amides is 3. The number of carbonyl (C=O) groups is 3. The summed E-state index contributed by atoms with van der Waals surface area (Å²) in [7, 11) is -2.04. The molecule has 220 valence electrons. The van der Waals surface area contributed by atoms with Crippen molar-refractivity contribution in [3.05, 3.63) is 59.8 Å². The van der Waals surface area contributed by atoms with Crippen LogP contribution in [0, 0.1) is 5.92 Å². The van der Waals surface area contributed by atoms with Gasteiger partial charge in [0.2, 0.25) is 15.9 Å². The van der Waals surface area contributed by atoms with Crippen LogP contribution in [0.25, 0.3) is 0 Å². The van der Waals surface area contributed by atoms with Gasteiger partial charge in [0.1, 0.15) is 0 Å². The Balaban J connectivity index is 1.39. The van der Waals surface area contributed by atoms with Crippen LogP contribution in [0.4, 0.5) is 28.6 Å². The first-order chi connectivity index (χ1) is 21.3. The van der Waals surface area contributed by atoms with Crippen molar-refractivity contribution in [3.63, 3.8) is 0 Å². The fourth-order valence-electron chi connectivity index (χ4n) is 4.52. The van der Waals surface area contributed by atoms with Crippen molar-refractivity contribution in [1.29, 1.82) is 0 Å². The second-order valence-corrected chi connectivity index (χ2v) is 11.8. The molecule has 0 bridgehead atoms. The lowest BCUT2D eigenvalue weighted by Crippen LogP contribution is -2.37. The van der Waals surface area contributed by atoms with E-state index in [0.29, 0.717) is 24.3 Å². The van der Waals surface area contributed by atoms with E-state index in [1.807, 2.05) is 5.32 Å². The molecule has 2 heterocycles. The van der Waals surface area contributed by atoms with E-state index in [4.69, 9.17) is 8.85 Å². The number of benzene rings is 2. The minimum absolute atomic E-state index is 0.00282. The maximum atomic E-state index is 13.3. The van der Waals surface area contributed by atoms with Gasteiger partial charge in [-0.15, -0.1) is 10.2 Å². The number of rotatable bonds is 9. The van der Waals surface area contributed by atoms with Gasteiger partial charge < -0.3 is 26.0 Å². The number of carbonyl (C=O) groups excluding carboxylic acids is 3. The number of sulfonamides is 1. The zero-order chi connectivity index (χ0) is 32.4. The molecule has 5 rings (SSSR count). The Morgan fingerprint density at radius 3 is 2.48 bits per heavy atom. The summed E-state index contributed by atoms with van der Waals surface area (Å²) in [5.74, 6) is -1.75. The van der Waals surface area contributed by atoms with Crippen molar-refractivity contribution in [2.24, 2.45) is 5.92 Å². The maximum absolute atomic E-state index is 13.3. The van der Waals surface area contributed by atoms with E-state index < -0.39 is 28.8 Å². The van der Waals surface area contributed by atoms with Crippen LogP contribution in [0.3, 0.4) is 0 Å². The average Bonchev–Trinajstić information content (AvgIpc) is 3.83. The van der Waals surface area contributed by atoms with Crippen LogP contribution >= 0.6 is 0 Å². The minimum atomic E-state index is -3.38. The van der Waals surface area contributed by atoms with E-state index in [-0.39, 0.29) is 51.8 Å². The summed E-state index contributed by atoms with van der Waals surface area (Å²) in [5.41, 5.74) is 0.888. The fraction of sp³-hybridized carbons (Fsp3) is 0.321. The molecule has 4 N–H and O–H groups in total. The molecule has 1 aromatic heterocycles. The van der Waals surface area contributed by atoms with Crippen molar-refractivity contribution in [1.82, 2.24) is 15.5 Å². The molecule has 2 fully saturated rings. The molecule has 42 heavy (non-hydrogen) atoms. The number of ether oxygens (including phenoxy) is 1. The fourth-order valence-corrected chi connectivity index (χ4v) is 6.16. The molecular formula is C28H31N7O6S. The molecule has 1 saturated carbocycles. The van der Waals surface area contributed by atoms with E-state index in [2.05, 4.69) is 26.1 Å². The molecule has 2 aromatic carbocycles. The Labute approximate surface area is 247 Å². The summed E-state index contributed by atoms with van der Waals surface area (Å²) in [4.78, 5) is 38.4. The number of methoxy groups -OCH3 is 1. The topological polar surface area (TPSA) is 172 Å². The van der Waals surface area contributed by atoms with Crippen LogP contribution in [-0.4, -0.2) is 62.7 Å². The highest BCUT2D eigenvalue weighted by molar-refractivity contribution is 7.92. The molecule has 0 spiro atoms. The van der Waals surface area contributed by atoms with Crippen molar-refractivity contribution < 1.29 is 31.7 Å². The smallest absolute Gasteiger partial charge is 0.273 e. The normalized spacial score (nSPS) is 17.2.